The van der Waals surface area contributed by atoms with E-state index in [1.165, 1.54) is 19.8 Å². The maximum absolute atomic E-state index is 11.3. The summed E-state index contributed by atoms with van der Waals surface area (Å²) in [4.78, 5) is 22.6. The zero-order chi connectivity index (χ0) is 13.1. The number of hydrogen-bond donors (Lipinski definition) is 1. The molecule has 1 unspecified atom stereocenters. The molecule has 0 spiro atoms. The Balaban J connectivity index is 3.83. The molecule has 0 heterocycles. The number of ketones is 1. The fourth-order valence-electron chi connectivity index (χ4n) is 1.57. The molecule has 100 valence electrons. The number of ether oxygens (including phenoxy) is 1. The van der Waals surface area contributed by atoms with Gasteiger partial charge in [-0.3, -0.25) is 9.59 Å². The van der Waals surface area contributed by atoms with Gasteiger partial charge >= 0.3 is 5.97 Å². The summed E-state index contributed by atoms with van der Waals surface area (Å²) >= 11 is 0. The van der Waals surface area contributed by atoms with Crippen LogP contribution in [-0.2, 0) is 14.3 Å². The molecule has 0 aliphatic heterocycles. The van der Waals surface area contributed by atoms with Gasteiger partial charge in [-0.2, -0.15) is 0 Å². The van der Waals surface area contributed by atoms with Crippen LogP contribution in [0.3, 0.4) is 0 Å². The van der Waals surface area contributed by atoms with Crippen molar-refractivity contribution in [1.82, 2.24) is 5.32 Å². The lowest BCUT2D eigenvalue weighted by Gasteiger charge is -2.14. The van der Waals surface area contributed by atoms with E-state index in [1.807, 2.05) is 0 Å². The minimum Gasteiger partial charge on any atom is -0.466 e. The summed E-state index contributed by atoms with van der Waals surface area (Å²) in [7, 11) is 0. The Hall–Kier alpha value is -0.900. The number of nitrogens with one attached hydrogen (secondary N) is 1. The molecule has 0 aliphatic rings. The van der Waals surface area contributed by atoms with Crippen LogP contribution < -0.4 is 5.32 Å². The zero-order valence-corrected chi connectivity index (χ0v) is 11.3. The van der Waals surface area contributed by atoms with Crippen LogP contribution in [-0.4, -0.2) is 30.9 Å². The first-order chi connectivity index (χ1) is 8.11. The predicted octanol–water partition coefficient (Wildman–Crippen LogP) is 2.07. The molecule has 0 radical (unpaired) electrons. The van der Waals surface area contributed by atoms with Gasteiger partial charge in [-0.15, -0.1) is 0 Å². The second kappa shape index (κ2) is 10.3. The van der Waals surface area contributed by atoms with Gasteiger partial charge in [0.1, 0.15) is 5.78 Å². The minimum atomic E-state index is -0.393. The first-order valence-electron chi connectivity index (χ1n) is 6.51. The quantitative estimate of drug-likeness (QED) is 0.471. The monoisotopic (exact) mass is 243 g/mol. The van der Waals surface area contributed by atoms with Crippen LogP contribution in [0.5, 0.6) is 0 Å². The second-order valence-corrected chi connectivity index (χ2v) is 4.19. The zero-order valence-electron chi connectivity index (χ0n) is 11.3. The topological polar surface area (TPSA) is 55.4 Å². The van der Waals surface area contributed by atoms with Crippen LogP contribution in [0.4, 0.5) is 0 Å². The smallest absolute Gasteiger partial charge is 0.307 e. The number of rotatable bonds is 10. The lowest BCUT2D eigenvalue weighted by molar-refractivity contribution is -0.145. The molecule has 4 nitrogen and oxygen atoms in total. The van der Waals surface area contributed by atoms with Gasteiger partial charge in [-0.25, -0.2) is 0 Å². The van der Waals surface area contributed by atoms with E-state index in [9.17, 15) is 9.59 Å². The largest absolute Gasteiger partial charge is 0.466 e. The summed E-state index contributed by atoms with van der Waals surface area (Å²) in [5.41, 5.74) is 0. The molecule has 1 atom stereocenters. The first kappa shape index (κ1) is 16.1. The van der Waals surface area contributed by atoms with Crippen molar-refractivity contribution in [2.75, 3.05) is 13.2 Å². The molecule has 0 aromatic heterocycles. The molecule has 4 heteroatoms. The van der Waals surface area contributed by atoms with Crippen molar-refractivity contribution >= 4 is 11.8 Å². The maximum atomic E-state index is 11.3. The van der Waals surface area contributed by atoms with Gasteiger partial charge in [-0.1, -0.05) is 26.2 Å². The molecule has 0 aromatic carbocycles. The van der Waals surface area contributed by atoms with E-state index < -0.39 is 6.04 Å². The average Bonchev–Trinajstić information content (AvgIpc) is 2.27. The first-order valence-corrected chi connectivity index (χ1v) is 6.51. The van der Waals surface area contributed by atoms with Crippen LogP contribution in [0.25, 0.3) is 0 Å². The van der Waals surface area contributed by atoms with E-state index in [2.05, 4.69) is 12.2 Å². The molecule has 0 amide bonds. The number of hydrogen-bond acceptors (Lipinski definition) is 4. The fraction of sp³-hybridized carbons (Fsp3) is 0.846. The fourth-order valence-corrected chi connectivity index (χ4v) is 1.57. The Labute approximate surface area is 104 Å². The number of Topliss-reactive ketones (excluding diaryl/α,β-unsaturated/α-hetero) is 1. The van der Waals surface area contributed by atoms with Gasteiger partial charge in [-0.05, 0) is 26.8 Å². The summed E-state index contributed by atoms with van der Waals surface area (Å²) in [6.45, 7) is 6.57. The SMILES string of the molecule is CCCCCCNC(CC(=O)OCC)C(C)=O. The van der Waals surface area contributed by atoms with Crippen molar-refractivity contribution in [3.05, 3.63) is 0 Å². The highest BCUT2D eigenvalue weighted by atomic mass is 16.5. The predicted molar refractivity (Wildman–Crippen MR) is 67.9 cm³/mol. The summed E-state index contributed by atoms with van der Waals surface area (Å²) in [5.74, 6) is -0.317. The van der Waals surface area contributed by atoms with E-state index in [0.29, 0.717) is 6.61 Å². The van der Waals surface area contributed by atoms with Crippen LogP contribution in [0.15, 0.2) is 0 Å². The van der Waals surface area contributed by atoms with Gasteiger partial charge in [0.2, 0.25) is 0 Å². The Morgan fingerprint density at radius 3 is 2.41 bits per heavy atom. The van der Waals surface area contributed by atoms with Gasteiger partial charge < -0.3 is 10.1 Å². The van der Waals surface area contributed by atoms with Crippen molar-refractivity contribution in [2.45, 2.75) is 58.9 Å². The third-order valence-corrected chi connectivity index (χ3v) is 2.59. The number of carbonyl (C=O) groups is 2. The van der Waals surface area contributed by atoms with Gasteiger partial charge in [0, 0.05) is 0 Å². The Morgan fingerprint density at radius 1 is 1.18 bits per heavy atom. The number of carbonyl (C=O) groups excluding carboxylic acids is 2. The summed E-state index contributed by atoms with van der Waals surface area (Å²) in [6.07, 6.45) is 4.74. The highest BCUT2D eigenvalue weighted by molar-refractivity contribution is 5.86. The number of esters is 1. The molecule has 0 aliphatic carbocycles. The van der Waals surface area contributed by atoms with E-state index >= 15 is 0 Å². The molecule has 1 N–H and O–H groups in total. The molecule has 0 saturated heterocycles. The summed E-state index contributed by atoms with van der Waals surface area (Å²) in [5, 5.41) is 3.12. The number of unbranched alkanes of at least 4 members (excludes halogenated alkanes) is 3. The van der Waals surface area contributed by atoms with Crippen molar-refractivity contribution in [3.8, 4) is 0 Å². The summed E-state index contributed by atoms with van der Waals surface area (Å²) in [6, 6.07) is -0.393. The average molecular weight is 243 g/mol. The molecule has 0 fully saturated rings. The van der Waals surface area contributed by atoms with Crippen LogP contribution in [0.1, 0.15) is 52.9 Å². The molecule has 0 rings (SSSR count). The Morgan fingerprint density at radius 2 is 1.88 bits per heavy atom. The maximum Gasteiger partial charge on any atom is 0.307 e. The van der Waals surface area contributed by atoms with Crippen molar-refractivity contribution in [1.29, 1.82) is 0 Å². The lowest BCUT2D eigenvalue weighted by Crippen LogP contribution is -2.38. The highest BCUT2D eigenvalue weighted by Crippen LogP contribution is 2.00. The molecular weight excluding hydrogens is 218 g/mol. The second-order valence-electron chi connectivity index (χ2n) is 4.19. The van der Waals surface area contributed by atoms with E-state index in [4.69, 9.17) is 4.74 Å². The van der Waals surface area contributed by atoms with Gasteiger partial charge in [0.15, 0.2) is 0 Å². The van der Waals surface area contributed by atoms with Crippen molar-refractivity contribution in [3.63, 3.8) is 0 Å². The summed E-state index contributed by atoms with van der Waals surface area (Å²) < 4.78 is 4.84. The standard InChI is InChI=1S/C13H25NO3/c1-4-6-7-8-9-14-12(11(3)15)10-13(16)17-5-2/h12,14H,4-10H2,1-3H3. The molecule has 0 saturated carbocycles. The van der Waals surface area contributed by atoms with Gasteiger partial charge in [0.05, 0.1) is 19.1 Å². The lowest BCUT2D eigenvalue weighted by atomic mass is 10.1. The van der Waals surface area contributed by atoms with Crippen molar-refractivity contribution in [2.24, 2.45) is 0 Å². The minimum absolute atomic E-state index is 0.00598. The highest BCUT2D eigenvalue weighted by Gasteiger charge is 2.18. The van der Waals surface area contributed by atoms with Crippen molar-refractivity contribution < 1.29 is 14.3 Å². The molecule has 17 heavy (non-hydrogen) atoms. The molecule has 0 bridgehead atoms. The van der Waals surface area contributed by atoms with E-state index in [0.717, 1.165) is 19.4 Å². The third kappa shape index (κ3) is 8.86. The Bertz CT molecular complexity index is 229. The van der Waals surface area contributed by atoms with E-state index in [1.54, 1.807) is 6.92 Å². The van der Waals surface area contributed by atoms with Crippen LogP contribution in [0, 0.1) is 0 Å². The third-order valence-electron chi connectivity index (χ3n) is 2.59. The molecule has 0 aromatic rings. The Kier molecular flexibility index (Phi) is 9.72. The van der Waals surface area contributed by atoms with Gasteiger partial charge in [0.25, 0.3) is 0 Å². The van der Waals surface area contributed by atoms with Crippen LogP contribution >= 0.6 is 0 Å². The molecular formula is C13H25NO3. The van der Waals surface area contributed by atoms with E-state index in [-0.39, 0.29) is 18.2 Å². The van der Waals surface area contributed by atoms with Crippen LogP contribution in [0.2, 0.25) is 0 Å². The normalized spacial score (nSPS) is 12.2.